The van der Waals surface area contributed by atoms with Gasteiger partial charge in [0.05, 0.1) is 17.7 Å². The highest BCUT2D eigenvalue weighted by Gasteiger charge is 2.14. The Bertz CT molecular complexity index is 1170. The van der Waals surface area contributed by atoms with E-state index in [1.54, 1.807) is 19.1 Å². The van der Waals surface area contributed by atoms with Crippen LogP contribution in [-0.4, -0.2) is 41.3 Å². The highest BCUT2D eigenvalue weighted by molar-refractivity contribution is 5.97. The lowest BCUT2D eigenvalue weighted by Crippen LogP contribution is -2.16. The number of fused-ring (bicyclic) bond motifs is 1. The van der Waals surface area contributed by atoms with Gasteiger partial charge in [0, 0.05) is 17.5 Å². The van der Waals surface area contributed by atoms with E-state index >= 15 is 0 Å². The number of benzene rings is 2. The monoisotopic (exact) mass is 427 g/mol. The van der Waals surface area contributed by atoms with E-state index in [9.17, 15) is 19.7 Å². The summed E-state index contributed by atoms with van der Waals surface area (Å²) in [7, 11) is 0. The maximum Gasteiger partial charge on any atom is 0.341 e. The summed E-state index contributed by atoms with van der Waals surface area (Å²) in [6.07, 6.45) is 1.36. The van der Waals surface area contributed by atoms with Crippen LogP contribution in [0, 0.1) is 10.1 Å². The van der Waals surface area contributed by atoms with Crippen molar-refractivity contribution in [3.8, 4) is 11.5 Å². The summed E-state index contributed by atoms with van der Waals surface area (Å²) in [5.41, 5.74) is 3.09. The Morgan fingerprint density at radius 1 is 1.19 bits per heavy atom. The van der Waals surface area contributed by atoms with E-state index in [1.807, 2.05) is 0 Å². The lowest BCUT2D eigenvalue weighted by Gasteiger charge is -2.11. The number of hydrogen-bond acceptors (Lipinski definition) is 8. The van der Waals surface area contributed by atoms with E-state index in [2.05, 4.69) is 10.5 Å². The molecule has 1 heterocycles. The molecule has 2 N–H and O–H groups in total. The van der Waals surface area contributed by atoms with Crippen LogP contribution in [0.2, 0.25) is 0 Å². The highest BCUT2D eigenvalue weighted by Crippen LogP contribution is 2.28. The molecule has 0 fully saturated rings. The van der Waals surface area contributed by atoms with Crippen molar-refractivity contribution in [1.82, 2.24) is 5.43 Å². The Morgan fingerprint density at radius 3 is 2.71 bits per heavy atom. The fourth-order valence-electron chi connectivity index (χ4n) is 2.61. The number of hydrogen-bond donors (Lipinski definition) is 2. The number of nitrogens with zero attached hydrogens (tertiary/aromatic N) is 2. The normalized spacial score (nSPS) is 10.9. The minimum Gasteiger partial charge on any atom is -0.490 e. The number of aliphatic carboxylic acids is 1. The van der Waals surface area contributed by atoms with Crippen molar-refractivity contribution in [3.63, 3.8) is 0 Å². The number of carbonyl (C=O) groups is 2. The Kier molecular flexibility index (Phi) is 6.45. The molecule has 0 spiro atoms. The molecule has 1 aromatic heterocycles. The minimum atomic E-state index is -1.11. The number of non-ortho nitro benzene ring substituents is 1. The molecule has 3 aromatic rings. The average molecular weight is 427 g/mol. The van der Waals surface area contributed by atoms with Gasteiger partial charge in [-0.1, -0.05) is 0 Å². The molecule has 1 amide bonds. The van der Waals surface area contributed by atoms with Crippen molar-refractivity contribution >= 4 is 34.7 Å². The molecule has 0 radical (unpaired) electrons. The molecule has 0 atom stereocenters. The second-order valence-corrected chi connectivity index (χ2v) is 6.11. The van der Waals surface area contributed by atoms with Crippen LogP contribution in [0.4, 0.5) is 5.69 Å². The molecule has 0 saturated carbocycles. The maximum atomic E-state index is 12.2. The van der Waals surface area contributed by atoms with Gasteiger partial charge in [-0.3, -0.25) is 14.9 Å². The van der Waals surface area contributed by atoms with Crippen LogP contribution in [0.25, 0.3) is 11.0 Å². The molecule has 0 aliphatic carbocycles. The van der Waals surface area contributed by atoms with Gasteiger partial charge < -0.3 is 19.0 Å². The Morgan fingerprint density at radius 2 is 2.00 bits per heavy atom. The summed E-state index contributed by atoms with van der Waals surface area (Å²) in [5, 5.41) is 23.9. The third-order valence-electron chi connectivity index (χ3n) is 3.93. The Balaban J connectivity index is 1.70. The molecule has 0 saturated heterocycles. The third kappa shape index (κ3) is 5.35. The summed E-state index contributed by atoms with van der Waals surface area (Å²) < 4.78 is 16.0. The van der Waals surface area contributed by atoms with Gasteiger partial charge >= 0.3 is 11.9 Å². The summed E-state index contributed by atoms with van der Waals surface area (Å²) in [5.74, 6) is -1.21. The molecule has 160 valence electrons. The summed E-state index contributed by atoms with van der Waals surface area (Å²) in [6.45, 7) is 1.60. The first kappa shape index (κ1) is 21.3. The molecule has 11 heteroatoms. The first-order valence-electron chi connectivity index (χ1n) is 9.00. The van der Waals surface area contributed by atoms with Crippen molar-refractivity contribution < 1.29 is 33.5 Å². The largest absolute Gasteiger partial charge is 0.490 e. The third-order valence-corrected chi connectivity index (χ3v) is 3.93. The molecular formula is C20H17N3O8. The lowest BCUT2D eigenvalue weighted by atomic mass is 10.2. The predicted molar refractivity (Wildman–Crippen MR) is 109 cm³/mol. The lowest BCUT2D eigenvalue weighted by molar-refractivity contribution is -0.384. The van der Waals surface area contributed by atoms with Gasteiger partial charge in [-0.25, -0.2) is 10.2 Å². The van der Waals surface area contributed by atoms with E-state index < -0.39 is 23.4 Å². The van der Waals surface area contributed by atoms with Crippen molar-refractivity contribution in [2.24, 2.45) is 5.10 Å². The number of furan rings is 1. The minimum absolute atomic E-state index is 0.0555. The first-order chi connectivity index (χ1) is 14.9. The van der Waals surface area contributed by atoms with E-state index in [0.29, 0.717) is 28.9 Å². The molecule has 11 nitrogen and oxygen atoms in total. The van der Waals surface area contributed by atoms with Crippen LogP contribution in [0.15, 0.2) is 52.0 Å². The number of amides is 1. The number of carboxylic acid groups (broad SMARTS) is 1. The standard InChI is InChI=1S/C20H17N3O8/c1-2-29-17-7-12(3-5-16(17)30-11-19(24)25)10-21-22-20(26)18-9-13-8-14(23(27)28)4-6-15(13)31-18/h3-10H,2,11H2,1H3,(H,22,26)(H,24,25)/b21-10+. The zero-order valence-corrected chi connectivity index (χ0v) is 16.2. The zero-order valence-electron chi connectivity index (χ0n) is 16.2. The van der Waals surface area contributed by atoms with Crippen LogP contribution in [0.1, 0.15) is 23.0 Å². The number of ether oxygens (including phenoxy) is 2. The average Bonchev–Trinajstić information content (AvgIpc) is 3.16. The second-order valence-electron chi connectivity index (χ2n) is 6.11. The molecular weight excluding hydrogens is 410 g/mol. The number of nitro groups is 1. The van der Waals surface area contributed by atoms with Gasteiger partial charge in [0.25, 0.3) is 5.69 Å². The van der Waals surface area contributed by atoms with Gasteiger partial charge in [-0.2, -0.15) is 5.10 Å². The predicted octanol–water partition coefficient (Wildman–Crippen LogP) is 2.97. The van der Waals surface area contributed by atoms with Crippen molar-refractivity contribution in [2.45, 2.75) is 6.92 Å². The maximum absolute atomic E-state index is 12.2. The number of hydrazone groups is 1. The van der Waals surface area contributed by atoms with Gasteiger partial charge in [0.15, 0.2) is 23.9 Å². The van der Waals surface area contributed by atoms with Crippen molar-refractivity contribution in [2.75, 3.05) is 13.2 Å². The Labute approximate surface area is 175 Å². The molecule has 2 aromatic carbocycles. The molecule has 31 heavy (non-hydrogen) atoms. The van der Waals surface area contributed by atoms with Crippen LogP contribution in [0.3, 0.4) is 0 Å². The summed E-state index contributed by atoms with van der Waals surface area (Å²) in [4.78, 5) is 33.2. The van der Waals surface area contributed by atoms with Crippen LogP contribution in [0.5, 0.6) is 11.5 Å². The SMILES string of the molecule is CCOc1cc(/C=N/NC(=O)c2cc3cc([N+](=O)[O-])ccc3o2)ccc1OCC(=O)O. The number of nitro benzene ring substituents is 1. The first-order valence-corrected chi connectivity index (χ1v) is 9.00. The highest BCUT2D eigenvalue weighted by atomic mass is 16.6. The van der Waals surface area contributed by atoms with E-state index in [4.69, 9.17) is 19.0 Å². The van der Waals surface area contributed by atoms with E-state index in [1.165, 1.54) is 36.5 Å². The summed E-state index contributed by atoms with van der Waals surface area (Å²) >= 11 is 0. The van der Waals surface area contributed by atoms with Crippen LogP contribution in [-0.2, 0) is 4.79 Å². The number of carboxylic acids is 1. The molecule has 3 rings (SSSR count). The number of rotatable bonds is 9. The Hall–Kier alpha value is -4.41. The van der Waals surface area contributed by atoms with E-state index in [-0.39, 0.29) is 17.2 Å². The quantitative estimate of drug-likeness (QED) is 0.300. The van der Waals surface area contributed by atoms with Gasteiger partial charge in [-0.15, -0.1) is 0 Å². The summed E-state index contributed by atoms with van der Waals surface area (Å²) in [6, 6.07) is 10.1. The number of nitrogens with one attached hydrogen (secondary N) is 1. The smallest absolute Gasteiger partial charge is 0.341 e. The zero-order chi connectivity index (χ0) is 22.4. The van der Waals surface area contributed by atoms with Crippen molar-refractivity contribution in [3.05, 3.63) is 63.9 Å². The molecule has 0 bridgehead atoms. The van der Waals surface area contributed by atoms with Crippen LogP contribution < -0.4 is 14.9 Å². The van der Waals surface area contributed by atoms with E-state index in [0.717, 1.165) is 0 Å². The van der Waals surface area contributed by atoms with Crippen LogP contribution >= 0.6 is 0 Å². The van der Waals surface area contributed by atoms with Gasteiger partial charge in [0.1, 0.15) is 5.58 Å². The topological polar surface area (TPSA) is 154 Å². The molecule has 0 unspecified atom stereocenters. The molecule has 0 aliphatic rings. The fraction of sp³-hybridized carbons (Fsp3) is 0.150. The van der Waals surface area contributed by atoms with Gasteiger partial charge in [-0.05, 0) is 42.8 Å². The number of carbonyl (C=O) groups excluding carboxylic acids is 1. The molecule has 0 aliphatic heterocycles. The van der Waals surface area contributed by atoms with Gasteiger partial charge in [0.2, 0.25) is 0 Å². The second kappa shape index (κ2) is 9.39. The van der Waals surface area contributed by atoms with Crippen molar-refractivity contribution in [1.29, 1.82) is 0 Å². The fourth-order valence-corrected chi connectivity index (χ4v) is 2.61.